The second kappa shape index (κ2) is 4.57. The third-order valence-electron chi connectivity index (χ3n) is 3.47. The van der Waals surface area contributed by atoms with Crippen LogP contribution in [0.4, 0.5) is 10.1 Å². The van der Waals surface area contributed by atoms with E-state index in [4.69, 9.17) is 5.73 Å². The summed E-state index contributed by atoms with van der Waals surface area (Å²) in [5.41, 5.74) is 5.54. The standard InChI is InChI=1S/C13H17FN2O2/c1-16(11-6-4-10(14)5-7-11)8-13(15,12(17)18)9-2-3-9/h4-7,9H,2-3,8,15H2,1H3,(H,17,18). The molecule has 0 aliphatic heterocycles. The second-order valence-corrected chi connectivity index (χ2v) is 4.95. The molecule has 1 unspecified atom stereocenters. The number of carboxylic acid groups (broad SMARTS) is 1. The van der Waals surface area contributed by atoms with Gasteiger partial charge in [0.05, 0.1) is 0 Å². The summed E-state index contributed by atoms with van der Waals surface area (Å²) in [5.74, 6) is -1.25. The molecule has 5 heteroatoms. The number of nitrogens with two attached hydrogens (primary N) is 1. The molecule has 0 heterocycles. The lowest BCUT2D eigenvalue weighted by Gasteiger charge is -2.31. The number of hydrogen-bond donors (Lipinski definition) is 2. The predicted molar refractivity (Wildman–Crippen MR) is 66.9 cm³/mol. The molecule has 0 radical (unpaired) electrons. The van der Waals surface area contributed by atoms with Gasteiger partial charge in [0.1, 0.15) is 11.4 Å². The van der Waals surface area contributed by atoms with Crippen LogP contribution < -0.4 is 10.6 Å². The Labute approximate surface area is 105 Å². The Bertz CT molecular complexity index is 445. The van der Waals surface area contributed by atoms with Crippen molar-refractivity contribution >= 4 is 11.7 Å². The number of likely N-dealkylation sites (N-methyl/N-ethyl adjacent to an activating group) is 1. The molecule has 3 N–H and O–H groups in total. The van der Waals surface area contributed by atoms with Gasteiger partial charge in [-0.15, -0.1) is 0 Å². The fourth-order valence-corrected chi connectivity index (χ4v) is 2.15. The summed E-state index contributed by atoms with van der Waals surface area (Å²) in [7, 11) is 1.76. The molecule has 2 rings (SSSR count). The predicted octanol–water partition coefficient (Wildman–Crippen LogP) is 1.45. The first kappa shape index (κ1) is 12.8. The highest BCUT2D eigenvalue weighted by Gasteiger charge is 2.48. The van der Waals surface area contributed by atoms with E-state index in [0.717, 1.165) is 18.5 Å². The van der Waals surface area contributed by atoms with Crippen molar-refractivity contribution in [1.82, 2.24) is 0 Å². The van der Waals surface area contributed by atoms with Gasteiger partial charge in [-0.25, -0.2) is 4.39 Å². The molecule has 1 aromatic rings. The molecule has 0 bridgehead atoms. The van der Waals surface area contributed by atoms with Gasteiger partial charge in [0.25, 0.3) is 0 Å². The van der Waals surface area contributed by atoms with E-state index in [2.05, 4.69) is 0 Å². The molecular weight excluding hydrogens is 235 g/mol. The SMILES string of the molecule is CN(CC(N)(C(=O)O)C1CC1)c1ccc(F)cc1. The molecule has 98 valence electrons. The van der Waals surface area contributed by atoms with Crippen molar-refractivity contribution in [2.24, 2.45) is 11.7 Å². The number of carboxylic acids is 1. The number of nitrogens with zero attached hydrogens (tertiary/aromatic N) is 1. The Morgan fingerprint density at radius 3 is 2.50 bits per heavy atom. The highest BCUT2D eigenvalue weighted by Crippen LogP contribution is 2.39. The number of benzene rings is 1. The average Bonchev–Trinajstić information content (AvgIpc) is 3.13. The van der Waals surface area contributed by atoms with Gasteiger partial charge in [-0.05, 0) is 43.0 Å². The maximum Gasteiger partial charge on any atom is 0.325 e. The topological polar surface area (TPSA) is 66.6 Å². The van der Waals surface area contributed by atoms with Gasteiger partial charge in [0.2, 0.25) is 0 Å². The van der Waals surface area contributed by atoms with Crippen LogP contribution in [0.15, 0.2) is 24.3 Å². The molecule has 1 aromatic carbocycles. The van der Waals surface area contributed by atoms with Gasteiger partial charge >= 0.3 is 5.97 Å². The van der Waals surface area contributed by atoms with Gasteiger partial charge in [-0.3, -0.25) is 4.79 Å². The van der Waals surface area contributed by atoms with E-state index >= 15 is 0 Å². The van der Waals surface area contributed by atoms with E-state index in [1.54, 1.807) is 24.1 Å². The van der Waals surface area contributed by atoms with Crippen LogP contribution >= 0.6 is 0 Å². The van der Waals surface area contributed by atoms with E-state index in [0.29, 0.717) is 0 Å². The van der Waals surface area contributed by atoms with Gasteiger partial charge in [-0.1, -0.05) is 0 Å². The first-order valence-electron chi connectivity index (χ1n) is 5.92. The van der Waals surface area contributed by atoms with E-state index in [-0.39, 0.29) is 18.3 Å². The first-order chi connectivity index (χ1) is 8.43. The zero-order valence-corrected chi connectivity index (χ0v) is 10.3. The highest BCUT2D eigenvalue weighted by molar-refractivity contribution is 5.80. The Hall–Kier alpha value is -1.62. The maximum atomic E-state index is 12.8. The average molecular weight is 252 g/mol. The van der Waals surface area contributed by atoms with Crippen LogP contribution in [0.5, 0.6) is 0 Å². The van der Waals surface area contributed by atoms with Gasteiger partial charge in [-0.2, -0.15) is 0 Å². The number of anilines is 1. The zero-order valence-electron chi connectivity index (χ0n) is 10.3. The monoisotopic (exact) mass is 252 g/mol. The number of rotatable bonds is 5. The quantitative estimate of drug-likeness (QED) is 0.832. The van der Waals surface area contributed by atoms with Gasteiger partial charge < -0.3 is 15.7 Å². The van der Waals surface area contributed by atoms with Crippen molar-refractivity contribution in [3.8, 4) is 0 Å². The molecule has 1 atom stereocenters. The lowest BCUT2D eigenvalue weighted by atomic mass is 9.94. The fourth-order valence-electron chi connectivity index (χ4n) is 2.15. The Morgan fingerprint density at radius 2 is 2.06 bits per heavy atom. The van der Waals surface area contributed by atoms with E-state index in [1.807, 2.05) is 0 Å². The lowest BCUT2D eigenvalue weighted by molar-refractivity contribution is -0.143. The zero-order chi connectivity index (χ0) is 13.3. The third kappa shape index (κ3) is 2.46. The summed E-state index contributed by atoms with van der Waals surface area (Å²) in [5, 5.41) is 9.27. The Morgan fingerprint density at radius 1 is 1.50 bits per heavy atom. The number of carbonyl (C=O) groups is 1. The summed E-state index contributed by atoms with van der Waals surface area (Å²) in [6.45, 7) is 0.221. The van der Waals surface area contributed by atoms with Crippen LogP contribution in [0.2, 0.25) is 0 Å². The molecule has 0 aromatic heterocycles. The summed E-state index contributed by atoms with van der Waals surface area (Å²) < 4.78 is 12.8. The van der Waals surface area contributed by atoms with Crippen molar-refractivity contribution in [2.45, 2.75) is 18.4 Å². The largest absolute Gasteiger partial charge is 0.480 e. The minimum absolute atomic E-state index is 0.0397. The van der Waals surface area contributed by atoms with Gasteiger partial charge in [0.15, 0.2) is 0 Å². The lowest BCUT2D eigenvalue weighted by Crippen LogP contribution is -2.57. The van der Waals surface area contributed by atoms with E-state index in [1.165, 1.54) is 12.1 Å². The third-order valence-corrected chi connectivity index (χ3v) is 3.47. The van der Waals surface area contributed by atoms with E-state index < -0.39 is 11.5 Å². The minimum atomic E-state index is -1.22. The Balaban J connectivity index is 2.12. The normalized spacial score (nSPS) is 18.2. The number of halogens is 1. The van der Waals surface area contributed by atoms with Crippen LogP contribution in [-0.4, -0.2) is 30.2 Å². The summed E-state index contributed by atoms with van der Waals surface area (Å²) in [6.07, 6.45) is 1.72. The van der Waals surface area contributed by atoms with Crippen molar-refractivity contribution in [3.05, 3.63) is 30.1 Å². The molecule has 1 aliphatic carbocycles. The molecule has 1 saturated carbocycles. The molecule has 0 saturated heterocycles. The summed E-state index contributed by atoms with van der Waals surface area (Å²) in [6, 6.07) is 5.93. The van der Waals surface area contributed by atoms with Crippen molar-refractivity contribution in [2.75, 3.05) is 18.5 Å². The van der Waals surface area contributed by atoms with Gasteiger partial charge in [0, 0.05) is 19.3 Å². The smallest absolute Gasteiger partial charge is 0.325 e. The van der Waals surface area contributed by atoms with Crippen molar-refractivity contribution in [3.63, 3.8) is 0 Å². The van der Waals surface area contributed by atoms with Crippen LogP contribution in [0, 0.1) is 11.7 Å². The first-order valence-corrected chi connectivity index (χ1v) is 5.92. The highest BCUT2D eigenvalue weighted by atomic mass is 19.1. The van der Waals surface area contributed by atoms with Crippen LogP contribution in [-0.2, 0) is 4.79 Å². The summed E-state index contributed by atoms with van der Waals surface area (Å²) in [4.78, 5) is 13.1. The number of aliphatic carboxylic acids is 1. The fraction of sp³-hybridized carbons (Fsp3) is 0.462. The van der Waals surface area contributed by atoms with Crippen molar-refractivity contribution < 1.29 is 14.3 Å². The van der Waals surface area contributed by atoms with Crippen LogP contribution in [0.25, 0.3) is 0 Å². The molecule has 4 nitrogen and oxygen atoms in total. The van der Waals surface area contributed by atoms with Crippen LogP contribution in [0.3, 0.4) is 0 Å². The molecule has 0 spiro atoms. The van der Waals surface area contributed by atoms with Crippen molar-refractivity contribution in [1.29, 1.82) is 0 Å². The number of hydrogen-bond acceptors (Lipinski definition) is 3. The Kier molecular flexibility index (Phi) is 3.26. The molecule has 1 fully saturated rings. The molecule has 0 amide bonds. The maximum absolute atomic E-state index is 12.8. The second-order valence-electron chi connectivity index (χ2n) is 4.95. The van der Waals surface area contributed by atoms with Crippen LogP contribution in [0.1, 0.15) is 12.8 Å². The minimum Gasteiger partial charge on any atom is -0.480 e. The van der Waals surface area contributed by atoms with E-state index in [9.17, 15) is 14.3 Å². The molecular formula is C13H17FN2O2. The molecule has 18 heavy (non-hydrogen) atoms. The molecule has 1 aliphatic rings. The summed E-state index contributed by atoms with van der Waals surface area (Å²) >= 11 is 0.